The molecule has 2 aromatic heterocycles. The summed E-state index contributed by atoms with van der Waals surface area (Å²) in [6.45, 7) is 6.15. The van der Waals surface area contributed by atoms with Gasteiger partial charge in [-0.1, -0.05) is 25.1 Å². The Morgan fingerprint density at radius 1 is 1.05 bits per heavy atom. The van der Waals surface area contributed by atoms with Crippen molar-refractivity contribution in [1.82, 2.24) is 9.38 Å². The second-order valence-electron chi connectivity index (χ2n) is 5.13. The number of nitrogens with zero attached hydrogens (tertiary/aromatic N) is 4. The van der Waals surface area contributed by atoms with Gasteiger partial charge in [0.15, 0.2) is 5.82 Å². The normalized spacial score (nSPS) is 11.6. The number of benzene rings is 1. The minimum absolute atomic E-state index is 0.785. The number of hydrogen-bond donors (Lipinski definition) is 0. The van der Waals surface area contributed by atoms with Crippen LogP contribution in [0.2, 0.25) is 0 Å². The zero-order valence-electron chi connectivity index (χ0n) is 12.5. The summed E-state index contributed by atoms with van der Waals surface area (Å²) < 4.78 is 1.98. The molecule has 0 N–H and O–H groups in total. The second-order valence-corrected chi connectivity index (χ2v) is 5.13. The van der Waals surface area contributed by atoms with Crippen LogP contribution in [0.1, 0.15) is 23.7 Å². The topological polar surface area (TPSA) is 42.0 Å². The van der Waals surface area contributed by atoms with E-state index in [2.05, 4.69) is 34.3 Å². The van der Waals surface area contributed by atoms with Gasteiger partial charge in [0, 0.05) is 6.20 Å². The molecule has 21 heavy (non-hydrogen) atoms. The van der Waals surface area contributed by atoms with Gasteiger partial charge in [-0.25, -0.2) is 4.98 Å². The Hall–Kier alpha value is -2.49. The number of aromatic nitrogens is 2. The molecule has 0 saturated carbocycles. The predicted octanol–water partition coefficient (Wildman–Crippen LogP) is 4.93. The van der Waals surface area contributed by atoms with E-state index in [0.29, 0.717) is 0 Å². The maximum Gasteiger partial charge on any atom is 0.182 e. The molecule has 0 spiro atoms. The van der Waals surface area contributed by atoms with Crippen LogP contribution >= 0.6 is 0 Å². The van der Waals surface area contributed by atoms with E-state index in [9.17, 15) is 0 Å². The third-order valence-electron chi connectivity index (χ3n) is 3.59. The van der Waals surface area contributed by atoms with Crippen molar-refractivity contribution in [3.63, 3.8) is 0 Å². The molecule has 0 saturated heterocycles. The Balaban J connectivity index is 1.99. The fraction of sp³-hybridized carbons (Fsp3) is 0.235. The van der Waals surface area contributed by atoms with Crippen molar-refractivity contribution >= 4 is 17.2 Å². The monoisotopic (exact) mass is 278 g/mol. The molecule has 0 bridgehead atoms. The molecular formula is C17H18N4. The van der Waals surface area contributed by atoms with Crippen LogP contribution in [-0.4, -0.2) is 9.38 Å². The van der Waals surface area contributed by atoms with Crippen LogP contribution in [0, 0.1) is 13.8 Å². The molecule has 106 valence electrons. The van der Waals surface area contributed by atoms with Gasteiger partial charge >= 0.3 is 0 Å². The fourth-order valence-corrected chi connectivity index (χ4v) is 2.33. The Morgan fingerprint density at radius 3 is 2.52 bits per heavy atom. The van der Waals surface area contributed by atoms with Gasteiger partial charge in [-0.3, -0.25) is 4.40 Å². The number of hydrogen-bond acceptors (Lipinski definition) is 3. The van der Waals surface area contributed by atoms with Crippen LogP contribution in [0.15, 0.2) is 52.8 Å². The van der Waals surface area contributed by atoms with Crippen molar-refractivity contribution in [2.45, 2.75) is 27.2 Å². The van der Waals surface area contributed by atoms with E-state index in [1.54, 1.807) is 0 Å². The van der Waals surface area contributed by atoms with Crippen LogP contribution in [0.5, 0.6) is 0 Å². The van der Waals surface area contributed by atoms with Crippen molar-refractivity contribution in [2.24, 2.45) is 10.2 Å². The average Bonchev–Trinajstić information content (AvgIpc) is 2.83. The van der Waals surface area contributed by atoms with Gasteiger partial charge in [0.25, 0.3) is 0 Å². The molecule has 3 aromatic rings. The molecule has 2 heterocycles. The number of aryl methyl sites for hydroxylation is 3. The Kier molecular flexibility index (Phi) is 3.52. The van der Waals surface area contributed by atoms with Crippen molar-refractivity contribution < 1.29 is 0 Å². The highest BCUT2D eigenvalue weighted by Crippen LogP contribution is 2.25. The molecule has 0 unspecified atom stereocenters. The summed E-state index contributed by atoms with van der Waals surface area (Å²) in [5.74, 6) is 0.785. The standard InChI is InChI=1S/C17H18N4/c1-4-14-7-9-15(10-8-14)19-20-17-13(3)18-16-12(2)6-5-11-21(16)17/h5-11H,4H2,1-3H3. The molecule has 4 nitrogen and oxygen atoms in total. The van der Waals surface area contributed by atoms with Gasteiger partial charge in [0.1, 0.15) is 5.65 Å². The maximum absolute atomic E-state index is 4.56. The number of fused-ring (bicyclic) bond motifs is 1. The summed E-state index contributed by atoms with van der Waals surface area (Å²) in [4.78, 5) is 4.56. The van der Waals surface area contributed by atoms with Crippen molar-refractivity contribution in [3.05, 3.63) is 59.4 Å². The molecule has 0 amide bonds. The third-order valence-corrected chi connectivity index (χ3v) is 3.59. The fourth-order valence-electron chi connectivity index (χ4n) is 2.33. The average molecular weight is 278 g/mol. The highest BCUT2D eigenvalue weighted by atomic mass is 15.2. The summed E-state index contributed by atoms with van der Waals surface area (Å²) in [7, 11) is 0. The lowest BCUT2D eigenvalue weighted by Gasteiger charge is -1.99. The molecule has 0 radical (unpaired) electrons. The number of pyridine rings is 1. The molecular weight excluding hydrogens is 260 g/mol. The molecule has 0 aliphatic heterocycles. The summed E-state index contributed by atoms with van der Waals surface area (Å²) in [6.07, 6.45) is 3.00. The van der Waals surface area contributed by atoms with Gasteiger partial charge in [-0.15, -0.1) is 10.2 Å². The van der Waals surface area contributed by atoms with Gasteiger partial charge in [0.05, 0.1) is 11.4 Å². The van der Waals surface area contributed by atoms with Crippen LogP contribution in [0.4, 0.5) is 11.5 Å². The molecule has 0 aliphatic carbocycles. The van der Waals surface area contributed by atoms with Gasteiger partial charge in [-0.2, -0.15) is 0 Å². The Morgan fingerprint density at radius 2 is 1.81 bits per heavy atom. The number of imidazole rings is 1. The van der Waals surface area contributed by atoms with E-state index >= 15 is 0 Å². The summed E-state index contributed by atoms with van der Waals surface area (Å²) >= 11 is 0. The van der Waals surface area contributed by atoms with Crippen LogP contribution in [-0.2, 0) is 6.42 Å². The summed E-state index contributed by atoms with van der Waals surface area (Å²) in [6, 6.07) is 12.2. The van der Waals surface area contributed by atoms with E-state index < -0.39 is 0 Å². The molecule has 4 heteroatoms. The van der Waals surface area contributed by atoms with E-state index in [0.717, 1.165) is 34.8 Å². The zero-order chi connectivity index (χ0) is 14.8. The molecule has 0 atom stereocenters. The molecule has 0 aliphatic rings. The number of rotatable bonds is 3. The van der Waals surface area contributed by atoms with E-state index in [-0.39, 0.29) is 0 Å². The minimum Gasteiger partial charge on any atom is -0.283 e. The first-order chi connectivity index (χ1) is 10.2. The van der Waals surface area contributed by atoms with Gasteiger partial charge < -0.3 is 0 Å². The lowest BCUT2D eigenvalue weighted by molar-refractivity contribution is 1.08. The molecule has 1 aromatic carbocycles. The predicted molar refractivity (Wildman–Crippen MR) is 84.7 cm³/mol. The van der Waals surface area contributed by atoms with Gasteiger partial charge in [0.2, 0.25) is 0 Å². The number of azo groups is 1. The molecule has 3 rings (SSSR count). The first-order valence-corrected chi connectivity index (χ1v) is 7.14. The Labute approximate surface area is 124 Å². The molecule has 0 fully saturated rings. The van der Waals surface area contributed by atoms with Gasteiger partial charge in [-0.05, 0) is 49.6 Å². The zero-order valence-corrected chi connectivity index (χ0v) is 12.5. The first kappa shape index (κ1) is 13.5. The highest BCUT2D eigenvalue weighted by Gasteiger charge is 2.09. The minimum atomic E-state index is 0.785. The first-order valence-electron chi connectivity index (χ1n) is 7.14. The second kappa shape index (κ2) is 5.48. The largest absolute Gasteiger partial charge is 0.283 e. The van der Waals surface area contributed by atoms with E-state index in [1.807, 2.05) is 48.7 Å². The van der Waals surface area contributed by atoms with Crippen LogP contribution in [0.25, 0.3) is 5.65 Å². The van der Waals surface area contributed by atoms with E-state index in [4.69, 9.17) is 0 Å². The summed E-state index contributed by atoms with van der Waals surface area (Å²) in [5.41, 5.74) is 5.11. The Bertz CT molecular complexity index is 798. The van der Waals surface area contributed by atoms with Crippen molar-refractivity contribution in [3.8, 4) is 0 Å². The van der Waals surface area contributed by atoms with Crippen LogP contribution in [0.3, 0.4) is 0 Å². The third kappa shape index (κ3) is 2.57. The van der Waals surface area contributed by atoms with Crippen LogP contribution < -0.4 is 0 Å². The van der Waals surface area contributed by atoms with E-state index in [1.165, 1.54) is 5.56 Å². The highest BCUT2D eigenvalue weighted by molar-refractivity contribution is 5.56. The quantitative estimate of drug-likeness (QED) is 0.626. The lowest BCUT2D eigenvalue weighted by Crippen LogP contribution is -1.85. The van der Waals surface area contributed by atoms with Crippen molar-refractivity contribution in [1.29, 1.82) is 0 Å². The smallest absolute Gasteiger partial charge is 0.182 e. The maximum atomic E-state index is 4.56. The summed E-state index contributed by atoms with van der Waals surface area (Å²) in [5, 5.41) is 8.72. The SMILES string of the molecule is CCc1ccc(N=Nc2c(C)nc3c(C)cccn23)cc1. The van der Waals surface area contributed by atoms with Crippen molar-refractivity contribution in [2.75, 3.05) is 0 Å². The lowest BCUT2D eigenvalue weighted by atomic mass is 10.2.